The average molecular weight is 199 g/mol. The zero-order valence-electron chi connectivity index (χ0n) is 9.59. The van der Waals surface area contributed by atoms with Crippen LogP contribution in [0.4, 0.5) is 0 Å². The van der Waals surface area contributed by atoms with Crippen LogP contribution in [-0.4, -0.2) is 18.1 Å². The van der Waals surface area contributed by atoms with Gasteiger partial charge in [-0.2, -0.15) is 0 Å². The van der Waals surface area contributed by atoms with Crippen molar-refractivity contribution in [1.29, 1.82) is 0 Å². The molecule has 2 unspecified atom stereocenters. The van der Waals surface area contributed by atoms with Crippen molar-refractivity contribution >= 4 is 5.97 Å². The molecule has 1 rings (SSSR count). The zero-order chi connectivity index (χ0) is 11.0. The van der Waals surface area contributed by atoms with Gasteiger partial charge in [-0.3, -0.25) is 4.79 Å². The number of ether oxygens (including phenoxy) is 1. The Labute approximate surface area is 86.0 Å². The van der Waals surface area contributed by atoms with Gasteiger partial charge in [-0.1, -0.05) is 6.92 Å². The molecule has 0 bridgehead atoms. The van der Waals surface area contributed by atoms with Gasteiger partial charge < -0.3 is 10.5 Å². The maximum Gasteiger partial charge on any atom is 0.314 e. The lowest BCUT2D eigenvalue weighted by atomic mass is 9.61. The number of carbonyl (C=O) groups is 1. The molecule has 14 heavy (non-hydrogen) atoms. The van der Waals surface area contributed by atoms with Gasteiger partial charge in [0, 0.05) is 6.54 Å². The van der Waals surface area contributed by atoms with Crippen molar-refractivity contribution in [3.8, 4) is 0 Å². The molecular formula is C11H21NO2. The van der Waals surface area contributed by atoms with Crippen LogP contribution in [0, 0.1) is 11.3 Å². The highest BCUT2D eigenvalue weighted by Gasteiger charge is 2.51. The van der Waals surface area contributed by atoms with E-state index in [1.807, 2.05) is 20.8 Å². The van der Waals surface area contributed by atoms with E-state index in [0.717, 1.165) is 12.8 Å². The first-order valence-corrected chi connectivity index (χ1v) is 5.25. The summed E-state index contributed by atoms with van der Waals surface area (Å²) >= 11 is 0. The molecule has 0 aromatic rings. The summed E-state index contributed by atoms with van der Waals surface area (Å²) in [6.45, 7) is 8.14. The van der Waals surface area contributed by atoms with Gasteiger partial charge >= 0.3 is 5.97 Å². The fraction of sp³-hybridized carbons (Fsp3) is 0.909. The second-order valence-electron chi connectivity index (χ2n) is 5.30. The highest BCUT2D eigenvalue weighted by molar-refractivity contribution is 5.79. The van der Waals surface area contributed by atoms with Crippen molar-refractivity contribution in [1.82, 2.24) is 0 Å². The van der Waals surface area contributed by atoms with E-state index in [0.29, 0.717) is 12.5 Å². The summed E-state index contributed by atoms with van der Waals surface area (Å²) in [6, 6.07) is 0. The second-order valence-corrected chi connectivity index (χ2v) is 5.30. The normalized spacial score (nSPS) is 32.2. The first-order valence-electron chi connectivity index (χ1n) is 5.25. The molecule has 0 aliphatic heterocycles. The minimum atomic E-state index is -0.408. The molecule has 0 aromatic carbocycles. The molecule has 2 atom stereocenters. The Hall–Kier alpha value is -0.570. The predicted octanol–water partition coefficient (Wildman–Crippen LogP) is 1.70. The topological polar surface area (TPSA) is 52.3 Å². The van der Waals surface area contributed by atoms with Crippen molar-refractivity contribution in [2.75, 3.05) is 6.54 Å². The van der Waals surface area contributed by atoms with Crippen molar-refractivity contribution in [2.24, 2.45) is 17.1 Å². The fourth-order valence-electron chi connectivity index (χ4n) is 1.85. The van der Waals surface area contributed by atoms with Crippen LogP contribution in [0.25, 0.3) is 0 Å². The second kappa shape index (κ2) is 3.54. The largest absolute Gasteiger partial charge is 0.459 e. The Morgan fingerprint density at radius 2 is 2.14 bits per heavy atom. The number of hydrogen-bond acceptors (Lipinski definition) is 3. The number of carbonyl (C=O) groups excluding carboxylic acids is 1. The summed E-state index contributed by atoms with van der Waals surface area (Å²) in [7, 11) is 0. The SMILES string of the molecule is CC1CCC1(CN)C(=O)OC(C)(C)C. The lowest BCUT2D eigenvalue weighted by Crippen LogP contribution is -2.53. The summed E-state index contributed by atoms with van der Waals surface area (Å²) < 4.78 is 5.39. The molecule has 0 spiro atoms. The fourth-order valence-corrected chi connectivity index (χ4v) is 1.85. The molecule has 0 radical (unpaired) electrons. The highest BCUT2D eigenvalue weighted by Crippen LogP contribution is 2.47. The van der Waals surface area contributed by atoms with Gasteiger partial charge in [0.1, 0.15) is 5.60 Å². The van der Waals surface area contributed by atoms with Crippen LogP contribution in [-0.2, 0) is 9.53 Å². The maximum atomic E-state index is 11.9. The Bertz CT molecular complexity index is 228. The first-order chi connectivity index (χ1) is 6.32. The van der Waals surface area contributed by atoms with Crippen LogP contribution in [0.1, 0.15) is 40.5 Å². The van der Waals surface area contributed by atoms with E-state index >= 15 is 0 Å². The molecular weight excluding hydrogens is 178 g/mol. The summed E-state index contributed by atoms with van der Waals surface area (Å²) in [5.41, 5.74) is 4.87. The van der Waals surface area contributed by atoms with Crippen LogP contribution in [0.5, 0.6) is 0 Å². The third-order valence-corrected chi connectivity index (χ3v) is 3.14. The van der Waals surface area contributed by atoms with Gasteiger partial charge in [-0.15, -0.1) is 0 Å². The Morgan fingerprint density at radius 1 is 1.57 bits per heavy atom. The van der Waals surface area contributed by atoms with Gasteiger partial charge in [-0.25, -0.2) is 0 Å². The first kappa shape index (κ1) is 11.5. The maximum absolute atomic E-state index is 11.9. The predicted molar refractivity (Wildman–Crippen MR) is 55.7 cm³/mol. The number of rotatable bonds is 2. The molecule has 1 aliphatic carbocycles. The monoisotopic (exact) mass is 199 g/mol. The summed E-state index contributed by atoms with van der Waals surface area (Å²) in [5, 5.41) is 0. The molecule has 2 N–H and O–H groups in total. The van der Waals surface area contributed by atoms with Crippen molar-refractivity contribution in [3.63, 3.8) is 0 Å². The quantitative estimate of drug-likeness (QED) is 0.689. The van der Waals surface area contributed by atoms with Crippen LogP contribution in [0.15, 0.2) is 0 Å². The Kier molecular flexibility index (Phi) is 2.91. The smallest absolute Gasteiger partial charge is 0.314 e. The van der Waals surface area contributed by atoms with E-state index < -0.39 is 11.0 Å². The minimum absolute atomic E-state index is 0.119. The Balaban J connectivity index is 2.67. The van der Waals surface area contributed by atoms with Crippen LogP contribution < -0.4 is 5.73 Å². The van der Waals surface area contributed by atoms with Gasteiger partial charge in [0.2, 0.25) is 0 Å². The lowest BCUT2D eigenvalue weighted by molar-refractivity contribution is -0.178. The van der Waals surface area contributed by atoms with Crippen LogP contribution >= 0.6 is 0 Å². The molecule has 1 fully saturated rings. The van der Waals surface area contributed by atoms with E-state index in [1.165, 1.54) is 0 Å². The third-order valence-electron chi connectivity index (χ3n) is 3.14. The van der Waals surface area contributed by atoms with E-state index in [-0.39, 0.29) is 5.97 Å². The number of esters is 1. The molecule has 3 nitrogen and oxygen atoms in total. The Morgan fingerprint density at radius 3 is 2.36 bits per heavy atom. The lowest BCUT2D eigenvalue weighted by Gasteiger charge is -2.45. The van der Waals surface area contributed by atoms with Gasteiger partial charge in [-0.05, 0) is 39.5 Å². The minimum Gasteiger partial charge on any atom is -0.459 e. The van der Waals surface area contributed by atoms with Gasteiger partial charge in [0.05, 0.1) is 5.41 Å². The van der Waals surface area contributed by atoms with Gasteiger partial charge in [0.25, 0.3) is 0 Å². The summed E-state index contributed by atoms with van der Waals surface area (Å²) in [6.07, 6.45) is 1.95. The molecule has 0 amide bonds. The van der Waals surface area contributed by atoms with E-state index in [4.69, 9.17) is 10.5 Å². The van der Waals surface area contributed by atoms with Crippen molar-refractivity contribution < 1.29 is 9.53 Å². The van der Waals surface area contributed by atoms with Crippen LogP contribution in [0.2, 0.25) is 0 Å². The summed E-state index contributed by atoms with van der Waals surface area (Å²) in [5.74, 6) is 0.244. The number of hydrogen-bond donors (Lipinski definition) is 1. The summed E-state index contributed by atoms with van der Waals surface area (Å²) in [4.78, 5) is 11.9. The molecule has 82 valence electrons. The molecule has 0 heterocycles. The molecule has 1 aliphatic rings. The molecule has 0 saturated heterocycles. The zero-order valence-corrected chi connectivity index (χ0v) is 9.59. The van der Waals surface area contributed by atoms with E-state index in [2.05, 4.69) is 6.92 Å². The third kappa shape index (κ3) is 1.92. The van der Waals surface area contributed by atoms with Crippen molar-refractivity contribution in [3.05, 3.63) is 0 Å². The standard InChI is InChI=1S/C11H21NO2/c1-8-5-6-11(8,7-12)9(13)14-10(2,3)4/h8H,5-7,12H2,1-4H3. The van der Waals surface area contributed by atoms with Crippen molar-refractivity contribution in [2.45, 2.75) is 46.1 Å². The van der Waals surface area contributed by atoms with Crippen LogP contribution in [0.3, 0.4) is 0 Å². The molecule has 1 saturated carbocycles. The van der Waals surface area contributed by atoms with Gasteiger partial charge in [0.15, 0.2) is 0 Å². The van der Waals surface area contributed by atoms with E-state index in [1.54, 1.807) is 0 Å². The molecule has 3 heteroatoms. The van der Waals surface area contributed by atoms with E-state index in [9.17, 15) is 4.79 Å². The number of nitrogens with two attached hydrogens (primary N) is 1. The average Bonchev–Trinajstić information content (AvgIpc) is 2.00. The molecule has 0 aromatic heterocycles. The highest BCUT2D eigenvalue weighted by atomic mass is 16.6.